The topological polar surface area (TPSA) is 47.0 Å². The Labute approximate surface area is 70.1 Å². The van der Waals surface area contributed by atoms with E-state index in [-0.39, 0.29) is 5.56 Å². The third-order valence-electron chi connectivity index (χ3n) is 2.20. The maximum absolute atomic E-state index is 11.5. The van der Waals surface area contributed by atoms with Crippen LogP contribution in [0.3, 0.4) is 0 Å². The summed E-state index contributed by atoms with van der Waals surface area (Å²) < 4.78 is 6.83. The van der Waals surface area contributed by atoms with E-state index in [0.717, 1.165) is 24.3 Å². The molecule has 1 aliphatic heterocycles. The Balaban J connectivity index is 2.52. The van der Waals surface area contributed by atoms with Gasteiger partial charge in [0.1, 0.15) is 0 Å². The quantitative estimate of drug-likeness (QED) is 0.654. The number of rotatable bonds is 1. The highest BCUT2D eigenvalue weighted by atomic mass is 16.5. The van der Waals surface area contributed by atoms with Gasteiger partial charge >= 0.3 is 0 Å². The van der Waals surface area contributed by atoms with Gasteiger partial charge < -0.3 is 4.74 Å². The molecular weight excluding hydrogens is 156 g/mol. The number of ether oxygens (including phenoxy) is 1. The van der Waals surface area contributed by atoms with Crippen molar-refractivity contribution in [3.63, 3.8) is 0 Å². The molecule has 1 N–H and O–H groups in total. The lowest BCUT2D eigenvalue weighted by Gasteiger charge is -2.08. The summed E-state index contributed by atoms with van der Waals surface area (Å²) in [4.78, 5) is 11.5. The lowest BCUT2D eigenvalue weighted by molar-refractivity contribution is 0.109. The fourth-order valence-corrected chi connectivity index (χ4v) is 1.50. The Morgan fingerprint density at radius 3 is 3.17 bits per heavy atom. The van der Waals surface area contributed by atoms with Gasteiger partial charge in [0.15, 0.2) is 0 Å². The molecule has 0 amide bonds. The van der Waals surface area contributed by atoms with E-state index in [4.69, 9.17) is 4.74 Å². The van der Waals surface area contributed by atoms with Crippen molar-refractivity contribution in [1.29, 1.82) is 0 Å². The Morgan fingerprint density at radius 1 is 1.67 bits per heavy atom. The summed E-state index contributed by atoms with van der Waals surface area (Å²) in [6.45, 7) is 3.84. The number of nitrogens with one attached hydrogen (secondary N) is 1. The van der Waals surface area contributed by atoms with Gasteiger partial charge in [0.05, 0.1) is 18.8 Å². The van der Waals surface area contributed by atoms with E-state index in [0.29, 0.717) is 13.2 Å². The highest BCUT2D eigenvalue weighted by Gasteiger charge is 2.16. The molecule has 0 fully saturated rings. The van der Waals surface area contributed by atoms with Crippen molar-refractivity contribution in [2.75, 3.05) is 6.61 Å². The molecule has 0 spiro atoms. The van der Waals surface area contributed by atoms with Crippen molar-refractivity contribution in [1.82, 2.24) is 9.78 Å². The largest absolute Gasteiger partial charge is 0.376 e. The number of fused-ring (bicyclic) bond motifs is 1. The Bertz CT molecular complexity index is 337. The second-order valence-corrected chi connectivity index (χ2v) is 2.92. The van der Waals surface area contributed by atoms with Crippen LogP contribution in [0, 0.1) is 0 Å². The normalized spacial score (nSPS) is 16.1. The van der Waals surface area contributed by atoms with Crippen molar-refractivity contribution in [3.05, 3.63) is 21.6 Å². The minimum atomic E-state index is 0.0761. The van der Waals surface area contributed by atoms with Gasteiger partial charge in [-0.3, -0.25) is 14.6 Å². The van der Waals surface area contributed by atoms with E-state index in [1.165, 1.54) is 0 Å². The molecule has 4 nitrogen and oxygen atoms in total. The van der Waals surface area contributed by atoms with E-state index >= 15 is 0 Å². The molecule has 2 heterocycles. The van der Waals surface area contributed by atoms with Crippen LogP contribution in [0.25, 0.3) is 0 Å². The van der Waals surface area contributed by atoms with Gasteiger partial charge in [-0.1, -0.05) is 0 Å². The summed E-state index contributed by atoms with van der Waals surface area (Å²) in [6.07, 6.45) is 0.831. The minimum absolute atomic E-state index is 0.0761. The first-order valence-corrected chi connectivity index (χ1v) is 4.21. The molecule has 2 rings (SSSR count). The molecule has 12 heavy (non-hydrogen) atoms. The molecule has 4 heteroatoms. The average molecular weight is 168 g/mol. The smallest absolute Gasteiger partial charge is 0.272 e. The number of aromatic nitrogens is 2. The van der Waals surface area contributed by atoms with Crippen molar-refractivity contribution >= 4 is 0 Å². The van der Waals surface area contributed by atoms with Crippen LogP contribution in [0.2, 0.25) is 0 Å². The van der Waals surface area contributed by atoms with E-state index in [2.05, 4.69) is 5.10 Å². The average Bonchev–Trinajstić information content (AvgIpc) is 2.44. The zero-order chi connectivity index (χ0) is 8.55. The van der Waals surface area contributed by atoms with Gasteiger partial charge in [0.25, 0.3) is 5.56 Å². The summed E-state index contributed by atoms with van der Waals surface area (Å²) in [5.74, 6) is 0. The molecule has 0 aliphatic carbocycles. The van der Waals surface area contributed by atoms with Crippen molar-refractivity contribution in [2.45, 2.75) is 26.5 Å². The summed E-state index contributed by atoms with van der Waals surface area (Å²) in [6, 6.07) is 0. The van der Waals surface area contributed by atoms with Crippen LogP contribution < -0.4 is 5.56 Å². The SMILES string of the molecule is CCn1[nH]c2c(c1=O)COCC2. The Hall–Kier alpha value is -1.03. The molecular formula is C8H12N2O2. The molecule has 0 bridgehead atoms. The van der Waals surface area contributed by atoms with Gasteiger partial charge in [0, 0.05) is 18.7 Å². The predicted octanol–water partition coefficient (Wildman–Crippen LogP) is 0.269. The standard InChI is InChI=1S/C8H12N2O2/c1-2-10-8(11)6-5-12-4-3-7(6)9-10/h9H,2-5H2,1H3. The second kappa shape index (κ2) is 2.79. The van der Waals surface area contributed by atoms with Crippen LogP contribution in [0.1, 0.15) is 18.2 Å². The van der Waals surface area contributed by atoms with E-state index in [1.807, 2.05) is 6.92 Å². The number of nitrogens with zero attached hydrogens (tertiary/aromatic N) is 1. The molecule has 0 saturated heterocycles. The Kier molecular flexibility index (Phi) is 1.77. The van der Waals surface area contributed by atoms with Crippen LogP contribution in [-0.2, 0) is 24.3 Å². The third kappa shape index (κ3) is 0.992. The molecule has 0 aromatic carbocycles. The molecule has 66 valence electrons. The fourth-order valence-electron chi connectivity index (χ4n) is 1.50. The van der Waals surface area contributed by atoms with Gasteiger partial charge in [-0.05, 0) is 6.92 Å². The van der Waals surface area contributed by atoms with Crippen molar-refractivity contribution < 1.29 is 4.74 Å². The number of hydrogen-bond donors (Lipinski definition) is 1. The van der Waals surface area contributed by atoms with Gasteiger partial charge in [-0.25, -0.2) is 0 Å². The first-order chi connectivity index (χ1) is 5.83. The van der Waals surface area contributed by atoms with E-state index in [9.17, 15) is 4.79 Å². The number of hydrogen-bond acceptors (Lipinski definition) is 2. The van der Waals surface area contributed by atoms with E-state index < -0.39 is 0 Å². The number of aryl methyl sites for hydroxylation is 1. The summed E-state index contributed by atoms with van der Waals surface area (Å²) in [5, 5.41) is 3.08. The van der Waals surface area contributed by atoms with E-state index in [1.54, 1.807) is 4.68 Å². The van der Waals surface area contributed by atoms with Gasteiger partial charge in [0.2, 0.25) is 0 Å². The Morgan fingerprint density at radius 2 is 2.50 bits per heavy atom. The summed E-state index contributed by atoms with van der Waals surface area (Å²) >= 11 is 0. The third-order valence-corrected chi connectivity index (χ3v) is 2.20. The van der Waals surface area contributed by atoms with Gasteiger partial charge in [-0.15, -0.1) is 0 Å². The first-order valence-electron chi connectivity index (χ1n) is 4.21. The molecule has 1 aromatic heterocycles. The van der Waals surface area contributed by atoms with Gasteiger partial charge in [-0.2, -0.15) is 0 Å². The molecule has 1 aliphatic rings. The van der Waals surface area contributed by atoms with Crippen molar-refractivity contribution in [3.8, 4) is 0 Å². The zero-order valence-electron chi connectivity index (χ0n) is 7.09. The fraction of sp³-hybridized carbons (Fsp3) is 0.625. The molecule has 0 saturated carbocycles. The highest BCUT2D eigenvalue weighted by molar-refractivity contribution is 5.18. The lowest BCUT2D eigenvalue weighted by Crippen LogP contribution is -2.19. The zero-order valence-corrected chi connectivity index (χ0v) is 7.09. The van der Waals surface area contributed by atoms with Crippen LogP contribution in [0.15, 0.2) is 4.79 Å². The minimum Gasteiger partial charge on any atom is -0.376 e. The second-order valence-electron chi connectivity index (χ2n) is 2.92. The van der Waals surface area contributed by atoms with Crippen LogP contribution >= 0.6 is 0 Å². The summed E-state index contributed by atoms with van der Waals surface area (Å²) in [7, 11) is 0. The molecule has 0 radical (unpaired) electrons. The molecule has 0 unspecified atom stereocenters. The number of aromatic amines is 1. The highest BCUT2D eigenvalue weighted by Crippen LogP contribution is 2.09. The van der Waals surface area contributed by atoms with Crippen LogP contribution in [0.5, 0.6) is 0 Å². The van der Waals surface area contributed by atoms with Crippen LogP contribution in [-0.4, -0.2) is 16.4 Å². The summed E-state index contributed by atoms with van der Waals surface area (Å²) in [5.41, 5.74) is 1.93. The monoisotopic (exact) mass is 168 g/mol. The number of H-pyrrole nitrogens is 1. The van der Waals surface area contributed by atoms with Crippen molar-refractivity contribution in [2.24, 2.45) is 0 Å². The molecule has 0 atom stereocenters. The maximum Gasteiger partial charge on any atom is 0.272 e. The molecule has 1 aromatic rings. The maximum atomic E-state index is 11.5. The first kappa shape index (κ1) is 7.61. The van der Waals surface area contributed by atoms with Crippen LogP contribution in [0.4, 0.5) is 0 Å². The lowest BCUT2D eigenvalue weighted by atomic mass is 10.2. The predicted molar refractivity (Wildman–Crippen MR) is 44.1 cm³/mol.